The lowest BCUT2D eigenvalue weighted by Crippen LogP contribution is -2.30. The molecule has 0 aromatic heterocycles. The van der Waals surface area contributed by atoms with Gasteiger partial charge in [0.15, 0.2) is 0 Å². The Balaban J connectivity index is 1.92. The van der Waals surface area contributed by atoms with Crippen molar-refractivity contribution in [3.05, 3.63) is 29.8 Å². The zero-order valence-electron chi connectivity index (χ0n) is 12.1. The highest BCUT2D eigenvalue weighted by Gasteiger charge is 2.41. The van der Waals surface area contributed by atoms with Gasteiger partial charge in [0.05, 0.1) is 6.10 Å². The number of amides is 1. The number of benzene rings is 1. The highest BCUT2D eigenvalue weighted by molar-refractivity contribution is 9.09. The van der Waals surface area contributed by atoms with Gasteiger partial charge in [0.2, 0.25) is 0 Å². The van der Waals surface area contributed by atoms with Crippen LogP contribution in [0.4, 0.5) is 0 Å². The molecule has 1 amide bonds. The van der Waals surface area contributed by atoms with Crippen LogP contribution in [0.1, 0.15) is 43.5 Å². The molecule has 3 nitrogen and oxygen atoms in total. The molecule has 1 aromatic carbocycles. The molecule has 1 aliphatic carbocycles. The monoisotopic (exact) mass is 339 g/mol. The van der Waals surface area contributed by atoms with Crippen LogP contribution in [0.3, 0.4) is 0 Å². The summed E-state index contributed by atoms with van der Waals surface area (Å²) in [5.41, 5.74) is 1.00. The van der Waals surface area contributed by atoms with Crippen LogP contribution >= 0.6 is 15.9 Å². The highest BCUT2D eigenvalue weighted by Crippen LogP contribution is 2.48. The maximum atomic E-state index is 12.2. The third kappa shape index (κ3) is 4.23. The van der Waals surface area contributed by atoms with E-state index in [9.17, 15) is 4.79 Å². The van der Waals surface area contributed by atoms with E-state index >= 15 is 0 Å². The molecule has 1 aromatic rings. The van der Waals surface area contributed by atoms with Gasteiger partial charge >= 0.3 is 0 Å². The molecule has 0 aliphatic heterocycles. The van der Waals surface area contributed by atoms with Crippen LogP contribution in [0, 0.1) is 5.41 Å². The van der Waals surface area contributed by atoms with E-state index in [1.54, 1.807) is 6.07 Å². The first-order chi connectivity index (χ1) is 9.54. The third-order valence-corrected chi connectivity index (χ3v) is 4.07. The van der Waals surface area contributed by atoms with E-state index in [1.165, 1.54) is 12.8 Å². The molecule has 0 bridgehead atoms. The Morgan fingerprint density at radius 3 is 2.80 bits per heavy atom. The summed E-state index contributed by atoms with van der Waals surface area (Å²) in [4.78, 5) is 12.2. The first-order valence-corrected chi connectivity index (χ1v) is 8.28. The summed E-state index contributed by atoms with van der Waals surface area (Å²) in [7, 11) is 0. The lowest BCUT2D eigenvalue weighted by Gasteiger charge is -2.15. The highest BCUT2D eigenvalue weighted by atomic mass is 79.9. The van der Waals surface area contributed by atoms with Crippen LogP contribution < -0.4 is 10.1 Å². The second-order valence-electron chi connectivity index (χ2n) is 5.82. The number of rotatable bonds is 7. The van der Waals surface area contributed by atoms with Gasteiger partial charge in [0, 0.05) is 17.4 Å². The second kappa shape index (κ2) is 6.61. The molecular weight excluding hydrogens is 318 g/mol. The summed E-state index contributed by atoms with van der Waals surface area (Å²) in [5, 5.41) is 4.05. The molecule has 4 heteroatoms. The zero-order valence-corrected chi connectivity index (χ0v) is 13.7. The van der Waals surface area contributed by atoms with Crippen molar-refractivity contribution >= 4 is 21.8 Å². The molecule has 0 spiro atoms. The SMILES string of the molecule is CC(C)Oc1cccc(C(=O)NCC2(CCBr)CC2)c1. The summed E-state index contributed by atoms with van der Waals surface area (Å²) < 4.78 is 5.62. The lowest BCUT2D eigenvalue weighted by atomic mass is 10.0. The maximum Gasteiger partial charge on any atom is 0.251 e. The Morgan fingerprint density at radius 2 is 2.20 bits per heavy atom. The second-order valence-corrected chi connectivity index (χ2v) is 6.61. The van der Waals surface area contributed by atoms with E-state index in [1.807, 2.05) is 32.0 Å². The van der Waals surface area contributed by atoms with E-state index in [0.717, 1.165) is 24.0 Å². The summed E-state index contributed by atoms with van der Waals surface area (Å²) >= 11 is 3.48. The maximum absolute atomic E-state index is 12.2. The molecule has 2 rings (SSSR count). The van der Waals surface area contributed by atoms with Crippen LogP contribution in [0.15, 0.2) is 24.3 Å². The van der Waals surface area contributed by atoms with Crippen molar-refractivity contribution in [2.45, 2.75) is 39.2 Å². The van der Waals surface area contributed by atoms with E-state index in [-0.39, 0.29) is 12.0 Å². The van der Waals surface area contributed by atoms with Gasteiger partial charge in [-0.25, -0.2) is 0 Å². The van der Waals surface area contributed by atoms with Crippen LogP contribution in [0.25, 0.3) is 0 Å². The van der Waals surface area contributed by atoms with Crippen molar-refractivity contribution in [3.8, 4) is 5.75 Å². The fourth-order valence-electron chi connectivity index (χ4n) is 2.25. The largest absolute Gasteiger partial charge is 0.491 e. The Bertz CT molecular complexity index is 469. The van der Waals surface area contributed by atoms with E-state index in [2.05, 4.69) is 21.2 Å². The molecule has 20 heavy (non-hydrogen) atoms. The van der Waals surface area contributed by atoms with Crippen molar-refractivity contribution in [3.63, 3.8) is 0 Å². The number of carbonyl (C=O) groups excluding carboxylic acids is 1. The number of carbonyl (C=O) groups is 1. The topological polar surface area (TPSA) is 38.3 Å². The van der Waals surface area contributed by atoms with Gasteiger partial charge in [-0.05, 0) is 56.7 Å². The minimum Gasteiger partial charge on any atom is -0.491 e. The van der Waals surface area contributed by atoms with Crippen molar-refractivity contribution in [2.24, 2.45) is 5.41 Å². The number of alkyl halides is 1. The number of halogens is 1. The molecular formula is C16H22BrNO2. The number of ether oxygens (including phenoxy) is 1. The van der Waals surface area contributed by atoms with Crippen molar-refractivity contribution in [1.82, 2.24) is 5.32 Å². The van der Waals surface area contributed by atoms with Crippen LogP contribution in [-0.2, 0) is 0 Å². The molecule has 0 unspecified atom stereocenters. The summed E-state index contributed by atoms with van der Waals surface area (Å²) in [6, 6.07) is 7.37. The van der Waals surface area contributed by atoms with Crippen molar-refractivity contribution in [2.75, 3.05) is 11.9 Å². The number of hydrogen-bond donors (Lipinski definition) is 1. The molecule has 0 heterocycles. The van der Waals surface area contributed by atoms with Crippen LogP contribution in [0.5, 0.6) is 5.75 Å². The van der Waals surface area contributed by atoms with E-state index in [0.29, 0.717) is 11.0 Å². The van der Waals surface area contributed by atoms with Gasteiger partial charge in [-0.15, -0.1) is 0 Å². The fourth-order valence-corrected chi connectivity index (χ4v) is 3.09. The summed E-state index contributed by atoms with van der Waals surface area (Å²) in [5.74, 6) is 0.731. The molecule has 110 valence electrons. The normalized spacial score (nSPS) is 16.0. The summed E-state index contributed by atoms with van der Waals surface area (Å²) in [6.07, 6.45) is 3.68. The minimum absolute atomic E-state index is 0.0138. The zero-order chi connectivity index (χ0) is 14.6. The van der Waals surface area contributed by atoms with Gasteiger partial charge in [-0.2, -0.15) is 0 Å². The Kier molecular flexibility index (Phi) is 5.08. The predicted octanol–water partition coefficient (Wildman–Crippen LogP) is 3.77. The van der Waals surface area contributed by atoms with Gasteiger partial charge in [-0.1, -0.05) is 22.0 Å². The van der Waals surface area contributed by atoms with Crippen LogP contribution in [-0.4, -0.2) is 23.9 Å². The smallest absolute Gasteiger partial charge is 0.251 e. The quantitative estimate of drug-likeness (QED) is 0.768. The molecule has 1 aliphatic rings. The molecule has 0 atom stereocenters. The average Bonchev–Trinajstić information content (AvgIpc) is 3.16. The van der Waals surface area contributed by atoms with Crippen molar-refractivity contribution < 1.29 is 9.53 Å². The molecule has 0 radical (unpaired) electrons. The van der Waals surface area contributed by atoms with Gasteiger partial charge < -0.3 is 10.1 Å². The molecule has 0 saturated heterocycles. The van der Waals surface area contributed by atoms with Crippen LogP contribution in [0.2, 0.25) is 0 Å². The molecule has 1 N–H and O–H groups in total. The first-order valence-electron chi connectivity index (χ1n) is 7.16. The van der Waals surface area contributed by atoms with Gasteiger partial charge in [0.1, 0.15) is 5.75 Å². The van der Waals surface area contributed by atoms with E-state index < -0.39 is 0 Å². The first kappa shape index (κ1) is 15.4. The van der Waals surface area contributed by atoms with Gasteiger partial charge in [0.25, 0.3) is 5.91 Å². The number of hydrogen-bond acceptors (Lipinski definition) is 2. The predicted molar refractivity (Wildman–Crippen MR) is 84.6 cm³/mol. The summed E-state index contributed by atoms with van der Waals surface area (Å²) in [6.45, 7) is 4.72. The molecule has 1 fully saturated rings. The fraction of sp³-hybridized carbons (Fsp3) is 0.562. The third-order valence-electron chi connectivity index (χ3n) is 3.67. The van der Waals surface area contributed by atoms with Crippen molar-refractivity contribution in [1.29, 1.82) is 0 Å². The minimum atomic E-state index is -0.0138. The Labute approximate surface area is 129 Å². The standard InChI is InChI=1S/C16H22BrNO2/c1-12(2)20-14-5-3-4-13(10-14)15(19)18-11-16(6-7-16)8-9-17/h3-5,10,12H,6-9,11H2,1-2H3,(H,18,19). The number of nitrogens with one attached hydrogen (secondary N) is 1. The lowest BCUT2D eigenvalue weighted by molar-refractivity contribution is 0.0943. The van der Waals surface area contributed by atoms with Gasteiger partial charge in [-0.3, -0.25) is 4.79 Å². The molecule has 1 saturated carbocycles. The Morgan fingerprint density at radius 1 is 1.45 bits per heavy atom. The Hall–Kier alpha value is -1.03. The van der Waals surface area contributed by atoms with E-state index in [4.69, 9.17) is 4.74 Å². The average molecular weight is 340 g/mol.